The summed E-state index contributed by atoms with van der Waals surface area (Å²) in [6.07, 6.45) is 6.76. The number of benzene rings is 2. The highest BCUT2D eigenvalue weighted by Gasteiger charge is 2.28. The zero-order chi connectivity index (χ0) is 19.0. The lowest BCUT2D eigenvalue weighted by molar-refractivity contribution is 0.0215. The second-order valence-corrected chi connectivity index (χ2v) is 6.66. The predicted octanol–water partition coefficient (Wildman–Crippen LogP) is 4.40. The summed E-state index contributed by atoms with van der Waals surface area (Å²) in [6, 6.07) is 15.4. The van der Waals surface area contributed by atoms with Gasteiger partial charge in [0.05, 0.1) is 42.1 Å². The zero-order valence-electron chi connectivity index (χ0n) is 14.8. The van der Waals surface area contributed by atoms with Crippen LogP contribution in [0.4, 0.5) is 8.78 Å². The number of halogens is 2. The number of aromatic nitrogens is 2. The minimum atomic E-state index is -2.83. The first-order valence-corrected chi connectivity index (χ1v) is 8.60. The first-order valence-electron chi connectivity index (χ1n) is 8.60. The van der Waals surface area contributed by atoms with E-state index in [9.17, 15) is 8.78 Å². The van der Waals surface area contributed by atoms with Crippen LogP contribution >= 0.6 is 0 Å². The molecule has 2 aromatic carbocycles. The van der Waals surface area contributed by atoms with E-state index in [1.807, 2.05) is 53.1 Å². The van der Waals surface area contributed by atoms with Crippen molar-refractivity contribution >= 4 is 5.71 Å². The molecule has 0 amide bonds. The third kappa shape index (κ3) is 3.26. The van der Waals surface area contributed by atoms with Crippen LogP contribution in [0.2, 0.25) is 0 Å². The number of imidazole rings is 1. The van der Waals surface area contributed by atoms with Gasteiger partial charge in [-0.1, -0.05) is 36.3 Å². The van der Waals surface area contributed by atoms with Gasteiger partial charge in [0.1, 0.15) is 0 Å². The second-order valence-electron chi connectivity index (χ2n) is 6.66. The van der Waals surface area contributed by atoms with Crippen LogP contribution in [0.5, 0.6) is 0 Å². The van der Waals surface area contributed by atoms with E-state index in [4.69, 9.17) is 11.4 Å². The van der Waals surface area contributed by atoms with E-state index in [0.29, 0.717) is 11.4 Å². The lowest BCUT2D eigenvalue weighted by Gasteiger charge is -2.13. The van der Waals surface area contributed by atoms with Gasteiger partial charge in [-0.15, -0.1) is 6.42 Å². The van der Waals surface area contributed by atoms with Crippen molar-refractivity contribution in [1.82, 2.24) is 9.55 Å². The molecule has 0 saturated heterocycles. The van der Waals surface area contributed by atoms with E-state index in [1.54, 1.807) is 6.33 Å². The lowest BCUT2D eigenvalue weighted by Crippen LogP contribution is -2.15. The van der Waals surface area contributed by atoms with Gasteiger partial charge in [0.2, 0.25) is 0 Å². The minimum absolute atomic E-state index is 0.274. The first kappa shape index (κ1) is 17.2. The average Bonchev–Trinajstić information content (AvgIpc) is 2.95. The highest BCUT2D eigenvalue weighted by Crippen LogP contribution is 2.29. The molecule has 0 spiro atoms. The van der Waals surface area contributed by atoms with Crippen LogP contribution in [0.15, 0.2) is 59.9 Å². The van der Waals surface area contributed by atoms with Crippen LogP contribution in [0.1, 0.15) is 35.0 Å². The Bertz CT molecular complexity index is 1070. The van der Waals surface area contributed by atoms with E-state index >= 15 is 0 Å². The van der Waals surface area contributed by atoms with Crippen molar-refractivity contribution in [2.45, 2.75) is 25.8 Å². The van der Waals surface area contributed by atoms with Crippen molar-refractivity contribution in [3.63, 3.8) is 0 Å². The van der Waals surface area contributed by atoms with Crippen LogP contribution < -0.4 is 0 Å². The van der Waals surface area contributed by atoms with E-state index < -0.39 is 12.3 Å². The molecule has 0 N–H and O–H groups in total. The maximum Gasteiger partial charge on any atom is 0.250 e. The van der Waals surface area contributed by atoms with Crippen molar-refractivity contribution < 1.29 is 8.78 Å². The Morgan fingerprint density at radius 1 is 1.19 bits per heavy atom. The number of terminal acetylenes is 1. The standard InChI is InChI=1S/C22H17F2N3/c1-3-15-9-10-19-17(11-15)21(16-7-5-4-6-8-16)25-13-20-18(12-22(2,23)24)26-14-27(19)20/h1,4-11,14H,12-13H2,2H3. The molecule has 3 nitrogen and oxygen atoms in total. The van der Waals surface area contributed by atoms with Crippen molar-refractivity contribution in [2.24, 2.45) is 4.99 Å². The normalized spacial score (nSPS) is 13.2. The summed E-state index contributed by atoms with van der Waals surface area (Å²) in [5, 5.41) is 0. The maximum atomic E-state index is 13.6. The molecule has 27 heavy (non-hydrogen) atoms. The Labute approximate surface area is 156 Å². The molecule has 4 rings (SSSR count). The maximum absolute atomic E-state index is 13.6. The SMILES string of the molecule is C#Cc1ccc2c(c1)C(c1ccccc1)=NCc1c(CC(C)(F)F)ncn1-2. The molecule has 0 radical (unpaired) electrons. The molecule has 0 aliphatic carbocycles. The third-order valence-corrected chi connectivity index (χ3v) is 4.54. The topological polar surface area (TPSA) is 30.2 Å². The number of alkyl halides is 2. The van der Waals surface area contributed by atoms with Crippen LogP contribution in [0.25, 0.3) is 5.69 Å². The van der Waals surface area contributed by atoms with E-state index in [1.165, 1.54) is 0 Å². The Balaban J connectivity index is 1.92. The molecule has 5 heteroatoms. The second kappa shape index (κ2) is 6.48. The monoisotopic (exact) mass is 361 g/mol. The van der Waals surface area contributed by atoms with Crippen molar-refractivity contribution in [3.8, 4) is 18.0 Å². The van der Waals surface area contributed by atoms with Crippen LogP contribution in [0.3, 0.4) is 0 Å². The quantitative estimate of drug-likeness (QED) is 0.636. The summed E-state index contributed by atoms with van der Waals surface area (Å²) >= 11 is 0. The fraction of sp³-hybridized carbons (Fsp3) is 0.182. The van der Waals surface area contributed by atoms with Gasteiger partial charge in [-0.05, 0) is 25.1 Å². The molecule has 2 heterocycles. The number of rotatable bonds is 3. The summed E-state index contributed by atoms with van der Waals surface area (Å²) in [4.78, 5) is 8.99. The van der Waals surface area contributed by atoms with Crippen molar-refractivity contribution in [2.75, 3.05) is 0 Å². The van der Waals surface area contributed by atoms with E-state index in [-0.39, 0.29) is 6.54 Å². The average molecular weight is 361 g/mol. The fourth-order valence-electron chi connectivity index (χ4n) is 3.33. The van der Waals surface area contributed by atoms with Gasteiger partial charge < -0.3 is 4.57 Å². The van der Waals surface area contributed by atoms with Gasteiger partial charge >= 0.3 is 0 Å². The fourth-order valence-corrected chi connectivity index (χ4v) is 3.33. The number of fused-ring (bicyclic) bond motifs is 3. The van der Waals surface area contributed by atoms with Crippen molar-refractivity contribution in [3.05, 3.63) is 82.9 Å². The minimum Gasteiger partial charge on any atom is -0.300 e. The van der Waals surface area contributed by atoms with Gasteiger partial charge in [0.15, 0.2) is 0 Å². The largest absolute Gasteiger partial charge is 0.300 e. The Morgan fingerprint density at radius 3 is 2.67 bits per heavy atom. The van der Waals surface area contributed by atoms with Gasteiger partial charge in [-0.3, -0.25) is 4.99 Å². The van der Waals surface area contributed by atoms with Crippen LogP contribution in [-0.4, -0.2) is 21.2 Å². The summed E-state index contributed by atoms with van der Waals surface area (Å²) in [5.41, 5.74) is 5.23. The summed E-state index contributed by atoms with van der Waals surface area (Å²) in [5.74, 6) is -0.179. The van der Waals surface area contributed by atoms with Gasteiger partial charge in [0, 0.05) is 16.7 Å². The molecule has 0 atom stereocenters. The number of hydrogen-bond acceptors (Lipinski definition) is 2. The molecule has 134 valence electrons. The highest BCUT2D eigenvalue weighted by atomic mass is 19.3. The smallest absolute Gasteiger partial charge is 0.250 e. The van der Waals surface area contributed by atoms with Crippen LogP contribution in [-0.2, 0) is 13.0 Å². The summed E-state index contributed by atoms with van der Waals surface area (Å²) < 4.78 is 29.0. The predicted molar refractivity (Wildman–Crippen MR) is 102 cm³/mol. The van der Waals surface area contributed by atoms with E-state index in [0.717, 1.165) is 35.0 Å². The molecular formula is C22H17F2N3. The molecule has 0 unspecified atom stereocenters. The Hall–Kier alpha value is -3.26. The van der Waals surface area contributed by atoms with Gasteiger partial charge in [-0.25, -0.2) is 13.8 Å². The molecule has 1 aromatic heterocycles. The van der Waals surface area contributed by atoms with Gasteiger partial charge in [0.25, 0.3) is 5.92 Å². The van der Waals surface area contributed by atoms with Crippen molar-refractivity contribution in [1.29, 1.82) is 0 Å². The van der Waals surface area contributed by atoms with E-state index in [2.05, 4.69) is 10.9 Å². The lowest BCUT2D eigenvalue weighted by atomic mass is 9.98. The molecular weight excluding hydrogens is 344 g/mol. The number of aliphatic imine (C=N–C) groups is 1. The highest BCUT2D eigenvalue weighted by molar-refractivity contribution is 6.15. The molecule has 0 fully saturated rings. The first-order chi connectivity index (χ1) is 13.0. The molecule has 3 aromatic rings. The molecule has 1 aliphatic heterocycles. The third-order valence-electron chi connectivity index (χ3n) is 4.54. The summed E-state index contributed by atoms with van der Waals surface area (Å²) in [7, 11) is 0. The summed E-state index contributed by atoms with van der Waals surface area (Å²) in [6.45, 7) is 1.18. The van der Waals surface area contributed by atoms with Crippen LogP contribution in [0, 0.1) is 12.3 Å². The number of nitrogens with zero attached hydrogens (tertiary/aromatic N) is 3. The molecule has 0 bridgehead atoms. The zero-order valence-corrected chi connectivity index (χ0v) is 14.8. The number of hydrogen-bond donors (Lipinski definition) is 0. The Kier molecular flexibility index (Phi) is 4.12. The van der Waals surface area contributed by atoms with Gasteiger partial charge in [-0.2, -0.15) is 0 Å². The Morgan fingerprint density at radius 2 is 1.96 bits per heavy atom. The molecule has 1 aliphatic rings. The molecule has 0 saturated carbocycles.